The number of phenolic OH excluding ortho intramolecular Hbond substituents is 2. The molecular weight excluding hydrogens is 248 g/mol. The molecule has 0 aromatic heterocycles. The van der Waals surface area contributed by atoms with E-state index in [1.807, 2.05) is 0 Å². The molecule has 96 valence electrons. The van der Waals surface area contributed by atoms with Crippen molar-refractivity contribution in [3.05, 3.63) is 58.7 Å². The van der Waals surface area contributed by atoms with Crippen LogP contribution in [0.4, 0.5) is 0 Å². The first kappa shape index (κ1) is 12.8. The van der Waals surface area contributed by atoms with Gasteiger partial charge in [-0.2, -0.15) is 0 Å². The Hall–Kier alpha value is -2.66. The molecule has 0 aliphatic heterocycles. The molecule has 4 N–H and O–H groups in total. The molecule has 3 rings (SSSR count). The van der Waals surface area contributed by atoms with Crippen LogP contribution >= 0.6 is 0 Å². The molecule has 1 aliphatic rings. The normalized spacial score (nSPS) is 12.4. The number of carbonyl (C=O) groups excluding carboxylic acids is 2. The summed E-state index contributed by atoms with van der Waals surface area (Å²) in [4.78, 5) is 24.4. The number of carbonyl (C=O) groups is 2. The van der Waals surface area contributed by atoms with Gasteiger partial charge in [0, 0.05) is 22.8 Å². The average molecular weight is 258 g/mol. The zero-order valence-corrected chi connectivity index (χ0v) is 9.68. The van der Waals surface area contributed by atoms with Gasteiger partial charge in [0.1, 0.15) is 11.5 Å². The molecule has 1 aliphatic carbocycles. The monoisotopic (exact) mass is 258 g/mol. The summed E-state index contributed by atoms with van der Waals surface area (Å²) < 4.78 is 0. The Labute approximate surface area is 108 Å². The molecule has 0 saturated carbocycles. The quantitative estimate of drug-likeness (QED) is 0.628. The van der Waals surface area contributed by atoms with E-state index in [-0.39, 0.29) is 39.4 Å². The molecule has 5 nitrogen and oxygen atoms in total. The molecule has 0 radical (unpaired) electrons. The minimum atomic E-state index is -0.405. The van der Waals surface area contributed by atoms with Crippen LogP contribution in [0.3, 0.4) is 0 Å². The molecule has 2 aromatic rings. The second-order valence-corrected chi connectivity index (χ2v) is 4.09. The molecule has 0 bridgehead atoms. The van der Waals surface area contributed by atoms with E-state index in [1.54, 1.807) is 24.3 Å². The summed E-state index contributed by atoms with van der Waals surface area (Å²) in [5, 5.41) is 19.1. The predicted molar refractivity (Wildman–Crippen MR) is 66.7 cm³/mol. The van der Waals surface area contributed by atoms with E-state index < -0.39 is 5.78 Å². The van der Waals surface area contributed by atoms with Gasteiger partial charge in [0.15, 0.2) is 11.6 Å². The third kappa shape index (κ3) is 1.68. The lowest BCUT2D eigenvalue weighted by atomic mass is 9.83. The summed E-state index contributed by atoms with van der Waals surface area (Å²) in [6, 6.07) is 8.68. The Morgan fingerprint density at radius 1 is 0.789 bits per heavy atom. The van der Waals surface area contributed by atoms with Crippen LogP contribution in [0.2, 0.25) is 0 Å². The maximum atomic E-state index is 12.2. The van der Waals surface area contributed by atoms with Gasteiger partial charge < -0.3 is 15.7 Å². The predicted octanol–water partition coefficient (Wildman–Crippen LogP) is 1.05. The summed E-state index contributed by atoms with van der Waals surface area (Å²) in [6.45, 7) is 0. The van der Waals surface area contributed by atoms with Crippen LogP contribution < -0.4 is 0 Å². The highest BCUT2D eigenvalue weighted by Gasteiger charge is 2.32. The maximum absolute atomic E-state index is 12.2. The van der Waals surface area contributed by atoms with Gasteiger partial charge in [-0.25, -0.2) is 0 Å². The zero-order valence-electron chi connectivity index (χ0n) is 9.68. The van der Waals surface area contributed by atoms with E-state index >= 15 is 0 Å². The summed E-state index contributed by atoms with van der Waals surface area (Å²) >= 11 is 0. The standard InChI is InChI=1S/C14H8O4.H2O/c15-7-5-10-12(11(16)6-7)14(18)9-4-2-1-3-8(9)13(10)17;/h1-6,15-16H;1H2. The van der Waals surface area contributed by atoms with E-state index in [4.69, 9.17) is 0 Å². The average Bonchev–Trinajstić information content (AvgIpc) is 2.35. The van der Waals surface area contributed by atoms with Crippen molar-refractivity contribution in [2.24, 2.45) is 0 Å². The lowest BCUT2D eigenvalue weighted by molar-refractivity contribution is 0.0976. The molecule has 0 fully saturated rings. The van der Waals surface area contributed by atoms with Crippen molar-refractivity contribution < 1.29 is 25.3 Å². The Balaban J connectivity index is 0.00000133. The molecule has 0 saturated heterocycles. The van der Waals surface area contributed by atoms with Gasteiger partial charge in [0.05, 0.1) is 5.56 Å². The lowest BCUT2D eigenvalue weighted by Crippen LogP contribution is -2.20. The molecule has 0 heterocycles. The number of hydrogen-bond acceptors (Lipinski definition) is 4. The molecule has 2 aromatic carbocycles. The van der Waals surface area contributed by atoms with Gasteiger partial charge in [0.2, 0.25) is 0 Å². The minimum absolute atomic E-state index is 0. The van der Waals surface area contributed by atoms with Crippen molar-refractivity contribution in [2.45, 2.75) is 0 Å². The Kier molecular flexibility index (Phi) is 2.84. The van der Waals surface area contributed by atoms with E-state index in [1.165, 1.54) is 6.07 Å². The Bertz CT molecular complexity index is 703. The van der Waals surface area contributed by atoms with Gasteiger partial charge in [-0.3, -0.25) is 9.59 Å². The first-order chi connectivity index (χ1) is 8.59. The van der Waals surface area contributed by atoms with E-state index in [2.05, 4.69) is 0 Å². The number of rotatable bonds is 0. The van der Waals surface area contributed by atoms with Crippen LogP contribution in [0.1, 0.15) is 31.8 Å². The third-order valence-electron chi connectivity index (χ3n) is 2.99. The summed E-state index contributed by atoms with van der Waals surface area (Å²) in [5.74, 6) is -1.39. The van der Waals surface area contributed by atoms with Crippen molar-refractivity contribution in [3.63, 3.8) is 0 Å². The van der Waals surface area contributed by atoms with Crippen LogP contribution in [0.5, 0.6) is 11.5 Å². The number of benzene rings is 2. The number of hydrogen-bond donors (Lipinski definition) is 2. The first-order valence-corrected chi connectivity index (χ1v) is 5.34. The molecule has 0 atom stereocenters. The molecule has 0 unspecified atom stereocenters. The second kappa shape index (κ2) is 4.22. The van der Waals surface area contributed by atoms with Crippen molar-refractivity contribution in [2.75, 3.05) is 0 Å². The first-order valence-electron chi connectivity index (χ1n) is 5.34. The van der Waals surface area contributed by atoms with E-state index in [9.17, 15) is 19.8 Å². The highest BCUT2D eigenvalue weighted by molar-refractivity contribution is 6.29. The Morgan fingerprint density at radius 3 is 2.00 bits per heavy atom. The van der Waals surface area contributed by atoms with Crippen LogP contribution in [-0.4, -0.2) is 27.3 Å². The van der Waals surface area contributed by atoms with Crippen LogP contribution in [0.15, 0.2) is 36.4 Å². The maximum Gasteiger partial charge on any atom is 0.198 e. The number of phenols is 2. The van der Waals surface area contributed by atoms with Crippen molar-refractivity contribution >= 4 is 11.6 Å². The SMILES string of the molecule is O.O=C1c2ccccc2C(=O)c2c(O)cc(O)cc21. The van der Waals surface area contributed by atoms with E-state index in [0.717, 1.165) is 6.07 Å². The van der Waals surface area contributed by atoms with Gasteiger partial charge in [-0.15, -0.1) is 0 Å². The molecule has 0 spiro atoms. The van der Waals surface area contributed by atoms with Crippen molar-refractivity contribution in [1.29, 1.82) is 0 Å². The van der Waals surface area contributed by atoms with Crippen LogP contribution in [0, 0.1) is 0 Å². The molecule has 5 heteroatoms. The summed E-state index contributed by atoms with van der Waals surface area (Å²) in [6.07, 6.45) is 0. The summed E-state index contributed by atoms with van der Waals surface area (Å²) in [7, 11) is 0. The topological polar surface area (TPSA) is 106 Å². The third-order valence-corrected chi connectivity index (χ3v) is 2.99. The van der Waals surface area contributed by atoms with Crippen molar-refractivity contribution in [3.8, 4) is 11.5 Å². The van der Waals surface area contributed by atoms with Gasteiger partial charge >= 0.3 is 0 Å². The highest BCUT2D eigenvalue weighted by atomic mass is 16.3. The minimum Gasteiger partial charge on any atom is -0.508 e. The fourth-order valence-electron chi connectivity index (χ4n) is 2.19. The zero-order chi connectivity index (χ0) is 12.9. The van der Waals surface area contributed by atoms with Crippen LogP contribution in [0.25, 0.3) is 0 Å². The largest absolute Gasteiger partial charge is 0.508 e. The Morgan fingerprint density at radius 2 is 1.37 bits per heavy atom. The number of ketones is 2. The molecule has 0 amide bonds. The smallest absolute Gasteiger partial charge is 0.198 e. The summed E-state index contributed by atoms with van der Waals surface area (Å²) in [5.41, 5.74) is 0.559. The fourth-order valence-corrected chi connectivity index (χ4v) is 2.19. The van der Waals surface area contributed by atoms with E-state index in [0.29, 0.717) is 5.56 Å². The highest BCUT2D eigenvalue weighted by Crippen LogP contribution is 2.35. The van der Waals surface area contributed by atoms with Crippen molar-refractivity contribution in [1.82, 2.24) is 0 Å². The lowest BCUT2D eigenvalue weighted by Gasteiger charge is -2.18. The molecular formula is C14H10O5. The number of aromatic hydroxyl groups is 2. The fraction of sp³-hybridized carbons (Fsp3) is 0. The second-order valence-electron chi connectivity index (χ2n) is 4.09. The molecule has 19 heavy (non-hydrogen) atoms. The van der Waals surface area contributed by atoms with Gasteiger partial charge in [-0.05, 0) is 6.07 Å². The van der Waals surface area contributed by atoms with Gasteiger partial charge in [-0.1, -0.05) is 24.3 Å². The number of fused-ring (bicyclic) bond motifs is 2. The van der Waals surface area contributed by atoms with Gasteiger partial charge in [0.25, 0.3) is 0 Å². The van der Waals surface area contributed by atoms with Crippen LogP contribution in [-0.2, 0) is 0 Å².